The number of rotatable bonds is 2. The van der Waals surface area contributed by atoms with Crippen molar-refractivity contribution in [2.45, 2.75) is 13.0 Å². The molecule has 0 spiro atoms. The molecule has 0 bridgehead atoms. The van der Waals surface area contributed by atoms with Crippen molar-refractivity contribution in [2.75, 3.05) is 4.90 Å². The van der Waals surface area contributed by atoms with Crippen LogP contribution < -0.4 is 10.3 Å². The van der Waals surface area contributed by atoms with Gasteiger partial charge >= 0.3 is 0 Å². The van der Waals surface area contributed by atoms with E-state index in [9.17, 15) is 9.59 Å². The summed E-state index contributed by atoms with van der Waals surface area (Å²) >= 11 is 9.70. The Balaban J connectivity index is 1.84. The Morgan fingerprint density at radius 3 is 2.57 bits per heavy atom. The van der Waals surface area contributed by atoms with E-state index in [4.69, 9.17) is 16.0 Å². The molecule has 1 atom stereocenters. The molecule has 0 saturated heterocycles. The Morgan fingerprint density at radius 1 is 1.00 bits per heavy atom. The zero-order valence-corrected chi connectivity index (χ0v) is 18.2. The first-order chi connectivity index (χ1) is 14.4. The zero-order chi connectivity index (χ0) is 21.0. The Labute approximate surface area is 185 Å². The molecule has 148 valence electrons. The van der Waals surface area contributed by atoms with Crippen LogP contribution in [0.4, 0.5) is 5.69 Å². The predicted molar refractivity (Wildman–Crippen MR) is 121 cm³/mol. The largest absolute Gasteiger partial charge is 0.450 e. The van der Waals surface area contributed by atoms with Crippen LogP contribution in [-0.4, -0.2) is 5.91 Å². The first-order valence-corrected chi connectivity index (χ1v) is 10.5. The second-order valence-electron chi connectivity index (χ2n) is 7.29. The summed E-state index contributed by atoms with van der Waals surface area (Å²) in [5, 5.41) is 0.971. The van der Waals surface area contributed by atoms with E-state index < -0.39 is 6.04 Å². The molecule has 0 saturated carbocycles. The number of fused-ring (bicyclic) bond motifs is 2. The third kappa shape index (κ3) is 2.97. The number of amides is 1. The highest BCUT2D eigenvalue weighted by Crippen LogP contribution is 2.42. The lowest BCUT2D eigenvalue weighted by Gasteiger charge is -2.25. The number of anilines is 1. The lowest BCUT2D eigenvalue weighted by atomic mass is 9.98. The van der Waals surface area contributed by atoms with Crippen molar-refractivity contribution in [1.82, 2.24) is 0 Å². The summed E-state index contributed by atoms with van der Waals surface area (Å²) in [6.07, 6.45) is 0. The number of carbonyl (C=O) groups is 1. The number of aryl methyl sites for hydroxylation is 1. The molecule has 6 heteroatoms. The van der Waals surface area contributed by atoms with Crippen LogP contribution in [0.25, 0.3) is 11.0 Å². The molecule has 0 radical (unpaired) electrons. The van der Waals surface area contributed by atoms with Crippen molar-refractivity contribution in [3.8, 4) is 0 Å². The molecule has 0 aliphatic carbocycles. The van der Waals surface area contributed by atoms with E-state index in [0.29, 0.717) is 27.2 Å². The van der Waals surface area contributed by atoms with E-state index in [2.05, 4.69) is 15.9 Å². The Bertz CT molecular complexity index is 1400. The van der Waals surface area contributed by atoms with Crippen LogP contribution in [0.1, 0.15) is 33.3 Å². The summed E-state index contributed by atoms with van der Waals surface area (Å²) < 4.78 is 6.83. The average Bonchev–Trinajstić information content (AvgIpc) is 3.01. The molecule has 3 aromatic carbocycles. The van der Waals surface area contributed by atoms with Crippen LogP contribution in [0.2, 0.25) is 5.02 Å². The van der Waals surface area contributed by atoms with Gasteiger partial charge in [-0.05, 0) is 55.0 Å². The second kappa shape index (κ2) is 7.11. The monoisotopic (exact) mass is 479 g/mol. The third-order valence-electron chi connectivity index (χ3n) is 5.28. The molecule has 0 N–H and O–H groups in total. The topological polar surface area (TPSA) is 50.5 Å². The summed E-state index contributed by atoms with van der Waals surface area (Å²) in [4.78, 5) is 28.6. The normalized spacial score (nSPS) is 15.6. The SMILES string of the molecule is Cc1ccc2oc3c(c(=O)c2c1)C(c1cccc(Br)c1)N(c1cccc(Cl)c1)C3=O. The van der Waals surface area contributed by atoms with Crippen molar-refractivity contribution in [2.24, 2.45) is 0 Å². The maximum absolute atomic E-state index is 13.6. The van der Waals surface area contributed by atoms with Crippen LogP contribution in [0.15, 0.2) is 80.4 Å². The fraction of sp³-hybridized carbons (Fsp3) is 0.0833. The third-order valence-corrected chi connectivity index (χ3v) is 6.00. The summed E-state index contributed by atoms with van der Waals surface area (Å²) in [6, 6.07) is 19.4. The van der Waals surface area contributed by atoms with Crippen molar-refractivity contribution in [1.29, 1.82) is 0 Å². The van der Waals surface area contributed by atoms with Crippen molar-refractivity contribution >= 4 is 50.1 Å². The number of nitrogens with zero attached hydrogens (tertiary/aromatic N) is 1. The first kappa shape index (κ1) is 19.1. The van der Waals surface area contributed by atoms with Gasteiger partial charge in [0.25, 0.3) is 5.91 Å². The van der Waals surface area contributed by atoms with Crippen LogP contribution in [-0.2, 0) is 0 Å². The molecule has 1 aromatic heterocycles. The molecule has 2 heterocycles. The number of carbonyl (C=O) groups excluding carboxylic acids is 1. The number of benzene rings is 3. The van der Waals surface area contributed by atoms with Gasteiger partial charge in [-0.25, -0.2) is 0 Å². The molecule has 4 nitrogen and oxygen atoms in total. The van der Waals surface area contributed by atoms with E-state index in [0.717, 1.165) is 15.6 Å². The molecular formula is C24H15BrClNO3. The number of hydrogen-bond acceptors (Lipinski definition) is 3. The first-order valence-electron chi connectivity index (χ1n) is 9.36. The molecule has 1 aliphatic rings. The number of halogens is 2. The highest BCUT2D eigenvalue weighted by molar-refractivity contribution is 9.10. The summed E-state index contributed by atoms with van der Waals surface area (Å²) in [5.41, 5.74) is 2.90. The van der Waals surface area contributed by atoms with Gasteiger partial charge in [-0.2, -0.15) is 0 Å². The maximum Gasteiger partial charge on any atom is 0.295 e. The zero-order valence-electron chi connectivity index (χ0n) is 15.9. The maximum atomic E-state index is 13.6. The van der Waals surface area contributed by atoms with Crippen LogP contribution >= 0.6 is 27.5 Å². The van der Waals surface area contributed by atoms with Gasteiger partial charge in [0.2, 0.25) is 5.76 Å². The molecule has 1 amide bonds. The van der Waals surface area contributed by atoms with Gasteiger partial charge < -0.3 is 4.42 Å². The van der Waals surface area contributed by atoms with E-state index in [1.165, 1.54) is 0 Å². The van der Waals surface area contributed by atoms with Gasteiger partial charge in [0, 0.05) is 15.2 Å². The Morgan fingerprint density at radius 2 is 1.80 bits per heavy atom. The van der Waals surface area contributed by atoms with E-state index in [-0.39, 0.29) is 17.1 Å². The standard InChI is InChI=1S/C24H15BrClNO3/c1-13-8-9-19-18(10-13)22(28)20-21(14-4-2-5-15(25)11-14)27(24(29)23(20)30-19)17-7-3-6-16(26)12-17/h2-12,21H,1H3. The molecule has 1 unspecified atom stereocenters. The highest BCUT2D eigenvalue weighted by Gasteiger charge is 2.43. The molecule has 30 heavy (non-hydrogen) atoms. The van der Waals surface area contributed by atoms with Gasteiger partial charge in [0.05, 0.1) is 17.0 Å². The Kier molecular flexibility index (Phi) is 4.53. The van der Waals surface area contributed by atoms with Gasteiger partial charge in [-0.15, -0.1) is 0 Å². The van der Waals surface area contributed by atoms with Crippen molar-refractivity contribution < 1.29 is 9.21 Å². The van der Waals surface area contributed by atoms with E-state index >= 15 is 0 Å². The molecular weight excluding hydrogens is 466 g/mol. The molecule has 0 fully saturated rings. The minimum Gasteiger partial charge on any atom is -0.450 e. The van der Waals surface area contributed by atoms with Gasteiger partial charge in [-0.3, -0.25) is 14.5 Å². The Hall–Kier alpha value is -2.89. The van der Waals surface area contributed by atoms with Crippen molar-refractivity contribution in [3.05, 3.63) is 109 Å². The summed E-state index contributed by atoms with van der Waals surface area (Å²) in [5.74, 6) is -0.293. The predicted octanol–water partition coefficient (Wildman–Crippen LogP) is 6.27. The fourth-order valence-corrected chi connectivity index (χ4v) is 4.57. The summed E-state index contributed by atoms with van der Waals surface area (Å²) in [6.45, 7) is 1.92. The fourth-order valence-electron chi connectivity index (χ4n) is 3.97. The molecule has 4 aromatic rings. The average molecular weight is 481 g/mol. The second-order valence-corrected chi connectivity index (χ2v) is 8.64. The smallest absolute Gasteiger partial charge is 0.295 e. The lowest BCUT2D eigenvalue weighted by molar-refractivity contribution is 0.0971. The van der Waals surface area contributed by atoms with E-state index in [1.54, 1.807) is 41.3 Å². The highest BCUT2D eigenvalue weighted by atomic mass is 79.9. The van der Waals surface area contributed by atoms with Gasteiger partial charge in [0.1, 0.15) is 5.58 Å². The summed E-state index contributed by atoms with van der Waals surface area (Å²) in [7, 11) is 0. The van der Waals surface area contributed by atoms with Gasteiger partial charge in [0.15, 0.2) is 5.43 Å². The molecule has 5 rings (SSSR count). The molecule has 1 aliphatic heterocycles. The van der Waals surface area contributed by atoms with E-state index in [1.807, 2.05) is 37.3 Å². The minimum atomic E-state index is -0.621. The number of hydrogen-bond donors (Lipinski definition) is 0. The van der Waals surface area contributed by atoms with Crippen LogP contribution in [0, 0.1) is 6.92 Å². The lowest BCUT2D eigenvalue weighted by Crippen LogP contribution is -2.29. The van der Waals surface area contributed by atoms with Crippen molar-refractivity contribution in [3.63, 3.8) is 0 Å². The minimum absolute atomic E-state index is 0.0707. The van der Waals surface area contributed by atoms with Crippen LogP contribution in [0.5, 0.6) is 0 Å². The van der Waals surface area contributed by atoms with Crippen LogP contribution in [0.3, 0.4) is 0 Å². The van der Waals surface area contributed by atoms with Gasteiger partial charge in [-0.1, -0.05) is 57.4 Å². The quantitative estimate of drug-likeness (QED) is 0.340.